The summed E-state index contributed by atoms with van der Waals surface area (Å²) in [6, 6.07) is 27.4. The highest BCUT2D eigenvalue weighted by atomic mass is 15.3. The third kappa shape index (κ3) is 2.72. The fraction of sp³-hybridized carbons (Fsp3) is 0.0741. The summed E-state index contributed by atoms with van der Waals surface area (Å²) in [5.41, 5.74) is 9.03. The SMILES string of the molecule is CCn1nc(-c2c[nH]c3ccccc23)c(-c2c[nH]c3ccccc23)c1-c1ccccc1. The Hall–Kier alpha value is -4.05. The van der Waals surface area contributed by atoms with Crippen LogP contribution < -0.4 is 0 Å². The molecule has 4 heteroatoms. The molecule has 0 unspecified atom stereocenters. The predicted molar refractivity (Wildman–Crippen MR) is 128 cm³/mol. The number of H-pyrrole nitrogens is 2. The Bertz CT molecular complexity index is 1520. The third-order valence-electron chi connectivity index (χ3n) is 6.00. The molecule has 0 amide bonds. The summed E-state index contributed by atoms with van der Waals surface area (Å²) in [5, 5.41) is 7.53. The summed E-state index contributed by atoms with van der Waals surface area (Å²) in [6.07, 6.45) is 4.20. The van der Waals surface area contributed by atoms with Crippen LogP contribution in [0.2, 0.25) is 0 Å². The second-order valence-corrected chi connectivity index (χ2v) is 7.75. The molecule has 3 heterocycles. The highest BCUT2D eigenvalue weighted by molar-refractivity contribution is 6.07. The highest BCUT2D eigenvalue weighted by Gasteiger charge is 2.24. The average Bonchev–Trinajstić information content (AvgIpc) is 3.53. The first-order valence-electron chi connectivity index (χ1n) is 10.6. The minimum absolute atomic E-state index is 0.794. The average molecular weight is 403 g/mol. The summed E-state index contributed by atoms with van der Waals surface area (Å²) < 4.78 is 2.13. The standard InChI is InChI=1S/C27H22N4/c1-2-31-27(18-10-4-3-5-11-18)25(21-16-28-23-14-8-6-12-19(21)23)26(30-31)22-17-29-24-15-9-7-13-20(22)24/h3-17,28-29H,2H2,1H3. The minimum Gasteiger partial charge on any atom is -0.361 e. The van der Waals surface area contributed by atoms with Crippen molar-refractivity contribution in [3.63, 3.8) is 0 Å². The van der Waals surface area contributed by atoms with Gasteiger partial charge in [0.1, 0.15) is 5.69 Å². The van der Waals surface area contributed by atoms with Crippen molar-refractivity contribution < 1.29 is 0 Å². The molecule has 6 rings (SSSR count). The summed E-state index contributed by atoms with van der Waals surface area (Å²) in [4.78, 5) is 6.88. The van der Waals surface area contributed by atoms with E-state index in [1.54, 1.807) is 0 Å². The lowest BCUT2D eigenvalue weighted by molar-refractivity contribution is 0.670. The third-order valence-corrected chi connectivity index (χ3v) is 6.00. The van der Waals surface area contributed by atoms with Crippen molar-refractivity contribution in [2.45, 2.75) is 13.5 Å². The zero-order valence-electron chi connectivity index (χ0n) is 17.3. The molecule has 6 aromatic rings. The second-order valence-electron chi connectivity index (χ2n) is 7.75. The van der Waals surface area contributed by atoms with Crippen LogP contribution in [0.3, 0.4) is 0 Å². The first-order chi connectivity index (χ1) is 15.3. The van der Waals surface area contributed by atoms with E-state index in [4.69, 9.17) is 5.10 Å². The first kappa shape index (κ1) is 17.8. The molecule has 0 aliphatic heterocycles. The van der Waals surface area contributed by atoms with Gasteiger partial charge >= 0.3 is 0 Å². The van der Waals surface area contributed by atoms with E-state index in [9.17, 15) is 0 Å². The molecular weight excluding hydrogens is 380 g/mol. The van der Waals surface area contributed by atoms with Crippen LogP contribution in [0.25, 0.3) is 55.4 Å². The summed E-state index contributed by atoms with van der Waals surface area (Å²) in [7, 11) is 0. The summed E-state index contributed by atoms with van der Waals surface area (Å²) >= 11 is 0. The highest BCUT2D eigenvalue weighted by Crippen LogP contribution is 2.44. The van der Waals surface area contributed by atoms with E-state index in [1.165, 1.54) is 21.9 Å². The van der Waals surface area contributed by atoms with Gasteiger partial charge < -0.3 is 9.97 Å². The quantitative estimate of drug-likeness (QED) is 0.332. The van der Waals surface area contributed by atoms with Crippen LogP contribution in [0.5, 0.6) is 0 Å². The van der Waals surface area contributed by atoms with E-state index >= 15 is 0 Å². The molecule has 0 fully saturated rings. The van der Waals surface area contributed by atoms with Gasteiger partial charge in [-0.2, -0.15) is 5.10 Å². The molecule has 0 saturated carbocycles. The van der Waals surface area contributed by atoms with Gasteiger partial charge in [-0.3, -0.25) is 4.68 Å². The fourth-order valence-electron chi connectivity index (χ4n) is 4.57. The monoisotopic (exact) mass is 402 g/mol. The van der Waals surface area contributed by atoms with Gasteiger partial charge in [0.2, 0.25) is 0 Å². The maximum atomic E-state index is 5.14. The molecular formula is C27H22N4. The van der Waals surface area contributed by atoms with Gasteiger partial charge in [-0.05, 0) is 19.1 Å². The Morgan fingerprint density at radius 1 is 0.710 bits per heavy atom. The number of aromatic amines is 2. The van der Waals surface area contributed by atoms with Crippen LogP contribution in [0.15, 0.2) is 91.3 Å². The van der Waals surface area contributed by atoms with E-state index in [0.29, 0.717) is 0 Å². The minimum atomic E-state index is 0.794. The molecule has 2 N–H and O–H groups in total. The van der Waals surface area contributed by atoms with E-state index in [-0.39, 0.29) is 0 Å². The molecule has 3 aromatic carbocycles. The molecule has 0 radical (unpaired) electrons. The van der Waals surface area contributed by atoms with E-state index in [1.807, 2.05) is 0 Å². The second kappa shape index (κ2) is 7.03. The van der Waals surface area contributed by atoms with Crippen molar-refractivity contribution in [1.29, 1.82) is 0 Å². The maximum Gasteiger partial charge on any atom is 0.103 e. The van der Waals surface area contributed by atoms with Gasteiger partial charge in [0, 0.05) is 63.0 Å². The number of aryl methyl sites for hydroxylation is 1. The number of nitrogens with zero attached hydrogens (tertiary/aromatic N) is 2. The zero-order valence-corrected chi connectivity index (χ0v) is 17.3. The van der Waals surface area contributed by atoms with Gasteiger partial charge in [-0.1, -0.05) is 66.7 Å². The number of rotatable bonds is 4. The van der Waals surface area contributed by atoms with Gasteiger partial charge in [-0.25, -0.2) is 0 Å². The molecule has 150 valence electrons. The fourth-order valence-corrected chi connectivity index (χ4v) is 4.57. The molecule has 31 heavy (non-hydrogen) atoms. The van der Waals surface area contributed by atoms with Crippen molar-refractivity contribution in [2.75, 3.05) is 0 Å². The Kier molecular flexibility index (Phi) is 4.03. The van der Waals surface area contributed by atoms with E-state index in [0.717, 1.165) is 40.1 Å². The molecule has 4 nitrogen and oxygen atoms in total. The van der Waals surface area contributed by atoms with Crippen LogP contribution in [-0.2, 0) is 6.54 Å². The van der Waals surface area contributed by atoms with Gasteiger partial charge in [0.05, 0.1) is 5.69 Å². The van der Waals surface area contributed by atoms with Crippen LogP contribution in [0, 0.1) is 0 Å². The number of para-hydroxylation sites is 2. The number of aromatic nitrogens is 4. The van der Waals surface area contributed by atoms with Gasteiger partial charge in [0.25, 0.3) is 0 Å². The summed E-state index contributed by atoms with van der Waals surface area (Å²) in [6.45, 7) is 2.94. The van der Waals surface area contributed by atoms with Crippen molar-refractivity contribution in [3.8, 4) is 33.6 Å². The predicted octanol–water partition coefficient (Wildman–Crippen LogP) is 6.87. The molecule has 3 aromatic heterocycles. The first-order valence-corrected chi connectivity index (χ1v) is 10.6. The molecule has 0 aliphatic rings. The van der Waals surface area contributed by atoms with E-state index in [2.05, 4.69) is 113 Å². The van der Waals surface area contributed by atoms with Crippen LogP contribution in [-0.4, -0.2) is 19.7 Å². The molecule has 0 aliphatic carbocycles. The number of nitrogens with one attached hydrogen (secondary N) is 2. The van der Waals surface area contributed by atoms with Crippen molar-refractivity contribution in [2.24, 2.45) is 0 Å². The normalized spacial score (nSPS) is 11.5. The molecule has 0 bridgehead atoms. The van der Waals surface area contributed by atoms with Crippen molar-refractivity contribution in [3.05, 3.63) is 91.3 Å². The van der Waals surface area contributed by atoms with Crippen LogP contribution >= 0.6 is 0 Å². The smallest absolute Gasteiger partial charge is 0.103 e. The maximum absolute atomic E-state index is 5.14. The van der Waals surface area contributed by atoms with Crippen LogP contribution in [0.1, 0.15) is 6.92 Å². The molecule has 0 spiro atoms. The number of benzene rings is 3. The lowest BCUT2D eigenvalue weighted by Gasteiger charge is -2.09. The van der Waals surface area contributed by atoms with Gasteiger partial charge in [-0.15, -0.1) is 0 Å². The van der Waals surface area contributed by atoms with Crippen molar-refractivity contribution in [1.82, 2.24) is 19.7 Å². The number of hydrogen-bond acceptors (Lipinski definition) is 1. The van der Waals surface area contributed by atoms with Crippen molar-refractivity contribution >= 4 is 21.8 Å². The Morgan fingerprint density at radius 2 is 1.29 bits per heavy atom. The van der Waals surface area contributed by atoms with Gasteiger partial charge in [0.15, 0.2) is 0 Å². The zero-order chi connectivity index (χ0) is 20.8. The lowest BCUT2D eigenvalue weighted by atomic mass is 9.95. The van der Waals surface area contributed by atoms with E-state index < -0.39 is 0 Å². The lowest BCUT2D eigenvalue weighted by Crippen LogP contribution is -1.99. The number of fused-ring (bicyclic) bond motifs is 2. The Labute approximate surface area is 180 Å². The topological polar surface area (TPSA) is 49.4 Å². The Balaban J connectivity index is 1.74. The summed E-state index contributed by atoms with van der Waals surface area (Å²) in [5.74, 6) is 0. The number of hydrogen-bond donors (Lipinski definition) is 2. The van der Waals surface area contributed by atoms with Crippen LogP contribution in [0.4, 0.5) is 0 Å². The molecule has 0 atom stereocenters. The largest absolute Gasteiger partial charge is 0.361 e. The Morgan fingerprint density at radius 3 is 1.97 bits per heavy atom. The molecule has 0 saturated heterocycles.